The molecule has 3 aromatic rings. The van der Waals surface area contributed by atoms with E-state index in [0.29, 0.717) is 22.9 Å². The number of hydrogen-bond acceptors (Lipinski definition) is 5. The number of nitrogens with zero attached hydrogens (tertiary/aromatic N) is 2. The number of nitrogens with one attached hydrogen (secondary N) is 1. The SMILES string of the molecule is CCc1ccc(NC(=O)Cn2ccn(-c3ccc(OC)c(OC)c3)c(=O)c2=O)cc1. The van der Waals surface area contributed by atoms with E-state index >= 15 is 0 Å². The van der Waals surface area contributed by atoms with E-state index < -0.39 is 17.0 Å². The Labute approximate surface area is 173 Å². The highest BCUT2D eigenvalue weighted by Crippen LogP contribution is 2.28. The number of amides is 1. The molecule has 0 saturated carbocycles. The van der Waals surface area contributed by atoms with Crippen molar-refractivity contribution in [3.05, 3.63) is 81.1 Å². The van der Waals surface area contributed by atoms with Crippen LogP contribution in [0.25, 0.3) is 5.69 Å². The van der Waals surface area contributed by atoms with E-state index in [0.717, 1.165) is 16.6 Å². The first-order valence-electron chi connectivity index (χ1n) is 9.40. The van der Waals surface area contributed by atoms with E-state index in [1.165, 1.54) is 31.2 Å². The van der Waals surface area contributed by atoms with Crippen LogP contribution in [0.2, 0.25) is 0 Å². The lowest BCUT2D eigenvalue weighted by Gasteiger charge is -2.12. The van der Waals surface area contributed by atoms with Gasteiger partial charge in [-0.3, -0.25) is 23.5 Å². The summed E-state index contributed by atoms with van der Waals surface area (Å²) < 4.78 is 12.7. The molecule has 0 atom stereocenters. The third-order valence-corrected chi connectivity index (χ3v) is 4.66. The maximum atomic E-state index is 12.6. The number of methoxy groups -OCH3 is 2. The minimum atomic E-state index is -0.802. The van der Waals surface area contributed by atoms with Crippen molar-refractivity contribution in [1.29, 1.82) is 0 Å². The quantitative estimate of drug-likeness (QED) is 0.604. The van der Waals surface area contributed by atoms with Gasteiger partial charge in [0.2, 0.25) is 5.91 Å². The van der Waals surface area contributed by atoms with Gasteiger partial charge < -0.3 is 14.8 Å². The zero-order valence-electron chi connectivity index (χ0n) is 17.0. The summed E-state index contributed by atoms with van der Waals surface area (Å²) in [6, 6.07) is 12.3. The normalized spacial score (nSPS) is 10.5. The first-order chi connectivity index (χ1) is 14.5. The maximum absolute atomic E-state index is 12.6. The molecule has 1 amide bonds. The Morgan fingerprint density at radius 3 is 2.27 bits per heavy atom. The van der Waals surface area contributed by atoms with E-state index in [2.05, 4.69) is 5.32 Å². The molecule has 1 heterocycles. The van der Waals surface area contributed by atoms with Gasteiger partial charge >= 0.3 is 11.1 Å². The van der Waals surface area contributed by atoms with Crippen LogP contribution in [0.5, 0.6) is 11.5 Å². The van der Waals surface area contributed by atoms with E-state index in [1.54, 1.807) is 30.3 Å². The summed E-state index contributed by atoms with van der Waals surface area (Å²) in [6.07, 6.45) is 3.74. The van der Waals surface area contributed by atoms with E-state index in [9.17, 15) is 14.4 Å². The highest BCUT2D eigenvalue weighted by molar-refractivity contribution is 5.90. The molecule has 3 rings (SSSR count). The summed E-state index contributed by atoms with van der Waals surface area (Å²) in [5, 5.41) is 2.72. The van der Waals surface area contributed by atoms with Crippen LogP contribution in [0.3, 0.4) is 0 Å². The van der Waals surface area contributed by atoms with Crippen LogP contribution >= 0.6 is 0 Å². The molecule has 2 aromatic carbocycles. The fraction of sp³-hybridized carbons (Fsp3) is 0.227. The topological polar surface area (TPSA) is 91.6 Å². The van der Waals surface area contributed by atoms with Crippen LogP contribution in [0.1, 0.15) is 12.5 Å². The Morgan fingerprint density at radius 2 is 1.63 bits per heavy atom. The van der Waals surface area contributed by atoms with Crippen molar-refractivity contribution < 1.29 is 14.3 Å². The molecule has 0 unspecified atom stereocenters. The standard InChI is InChI=1S/C22H23N3O5/c1-4-15-5-7-16(8-6-15)23-20(26)14-24-11-12-25(22(28)21(24)27)17-9-10-18(29-2)19(13-17)30-3/h5-13H,4,14H2,1-3H3,(H,23,26). The molecule has 0 spiro atoms. The molecular weight excluding hydrogens is 386 g/mol. The van der Waals surface area contributed by atoms with E-state index in [4.69, 9.17) is 9.47 Å². The van der Waals surface area contributed by atoms with Crippen LogP contribution in [0, 0.1) is 0 Å². The Balaban J connectivity index is 1.81. The molecular formula is C22H23N3O5. The summed E-state index contributed by atoms with van der Waals surface area (Å²) in [6.45, 7) is 1.78. The number of aryl methyl sites for hydroxylation is 1. The van der Waals surface area contributed by atoms with Crippen molar-refractivity contribution in [2.75, 3.05) is 19.5 Å². The molecule has 0 fully saturated rings. The first-order valence-corrected chi connectivity index (χ1v) is 9.40. The maximum Gasteiger partial charge on any atom is 0.320 e. The van der Waals surface area contributed by atoms with Gasteiger partial charge in [0.15, 0.2) is 11.5 Å². The molecule has 156 valence electrons. The monoisotopic (exact) mass is 409 g/mol. The largest absolute Gasteiger partial charge is 0.493 e. The summed E-state index contributed by atoms with van der Waals surface area (Å²) in [4.78, 5) is 37.4. The number of rotatable bonds is 7. The number of aromatic nitrogens is 2. The Kier molecular flexibility index (Phi) is 6.36. The van der Waals surface area contributed by atoms with Crippen LogP contribution in [0.4, 0.5) is 5.69 Å². The Hall–Kier alpha value is -3.81. The highest BCUT2D eigenvalue weighted by Gasteiger charge is 2.12. The highest BCUT2D eigenvalue weighted by atomic mass is 16.5. The number of ether oxygens (including phenoxy) is 2. The zero-order valence-corrected chi connectivity index (χ0v) is 17.0. The number of anilines is 1. The fourth-order valence-electron chi connectivity index (χ4n) is 2.99. The van der Waals surface area contributed by atoms with Crippen LogP contribution in [-0.2, 0) is 17.8 Å². The first kappa shape index (κ1) is 20.9. The summed E-state index contributed by atoms with van der Waals surface area (Å²) in [7, 11) is 2.99. The Morgan fingerprint density at radius 1 is 0.933 bits per heavy atom. The number of hydrogen-bond donors (Lipinski definition) is 1. The lowest BCUT2D eigenvalue weighted by atomic mass is 10.1. The van der Waals surface area contributed by atoms with Crippen molar-refractivity contribution in [3.63, 3.8) is 0 Å². The van der Waals surface area contributed by atoms with Crippen LogP contribution < -0.4 is 25.9 Å². The van der Waals surface area contributed by atoms with Crippen LogP contribution in [0.15, 0.2) is 64.4 Å². The second-order valence-corrected chi connectivity index (χ2v) is 6.54. The van der Waals surface area contributed by atoms with Crippen molar-refractivity contribution in [3.8, 4) is 17.2 Å². The van der Waals surface area contributed by atoms with E-state index in [1.807, 2.05) is 19.1 Å². The van der Waals surface area contributed by atoms with Gasteiger partial charge in [0.25, 0.3) is 0 Å². The van der Waals surface area contributed by atoms with Crippen molar-refractivity contribution in [1.82, 2.24) is 9.13 Å². The van der Waals surface area contributed by atoms with E-state index in [-0.39, 0.29) is 6.54 Å². The lowest BCUT2D eigenvalue weighted by Crippen LogP contribution is -2.41. The zero-order chi connectivity index (χ0) is 21.7. The van der Waals surface area contributed by atoms with Gasteiger partial charge in [0, 0.05) is 24.1 Å². The van der Waals surface area contributed by atoms with Gasteiger partial charge in [0.1, 0.15) is 6.54 Å². The van der Waals surface area contributed by atoms with Gasteiger partial charge in [-0.1, -0.05) is 19.1 Å². The summed E-state index contributed by atoms with van der Waals surface area (Å²) in [5.41, 5.74) is 0.655. The minimum absolute atomic E-state index is 0.267. The third kappa shape index (κ3) is 4.43. The second kappa shape index (κ2) is 9.13. The molecule has 0 bridgehead atoms. The minimum Gasteiger partial charge on any atom is -0.493 e. The molecule has 0 aliphatic carbocycles. The number of benzene rings is 2. The number of carbonyl (C=O) groups is 1. The average molecular weight is 409 g/mol. The van der Waals surface area contributed by atoms with Gasteiger partial charge in [-0.05, 0) is 36.2 Å². The number of carbonyl (C=O) groups excluding carboxylic acids is 1. The lowest BCUT2D eigenvalue weighted by molar-refractivity contribution is -0.116. The Bertz CT molecular complexity index is 1160. The molecule has 0 aliphatic rings. The second-order valence-electron chi connectivity index (χ2n) is 6.54. The summed E-state index contributed by atoms with van der Waals surface area (Å²) >= 11 is 0. The average Bonchev–Trinajstić information content (AvgIpc) is 2.77. The van der Waals surface area contributed by atoms with Crippen molar-refractivity contribution in [2.45, 2.75) is 19.9 Å². The van der Waals surface area contributed by atoms with Gasteiger partial charge in [-0.25, -0.2) is 0 Å². The van der Waals surface area contributed by atoms with Gasteiger partial charge in [0.05, 0.1) is 19.9 Å². The van der Waals surface area contributed by atoms with Crippen LogP contribution in [-0.4, -0.2) is 29.3 Å². The molecule has 0 radical (unpaired) electrons. The molecule has 1 N–H and O–H groups in total. The predicted molar refractivity (Wildman–Crippen MR) is 114 cm³/mol. The fourth-order valence-corrected chi connectivity index (χ4v) is 2.99. The van der Waals surface area contributed by atoms with Crippen molar-refractivity contribution >= 4 is 11.6 Å². The molecule has 0 saturated heterocycles. The predicted octanol–water partition coefficient (Wildman–Crippen LogP) is 2.22. The molecule has 8 heteroatoms. The van der Waals surface area contributed by atoms with Gasteiger partial charge in [-0.15, -0.1) is 0 Å². The van der Waals surface area contributed by atoms with Gasteiger partial charge in [-0.2, -0.15) is 0 Å². The molecule has 8 nitrogen and oxygen atoms in total. The van der Waals surface area contributed by atoms with Crippen molar-refractivity contribution in [2.24, 2.45) is 0 Å². The smallest absolute Gasteiger partial charge is 0.320 e. The third-order valence-electron chi connectivity index (χ3n) is 4.66. The molecule has 30 heavy (non-hydrogen) atoms. The molecule has 0 aliphatic heterocycles. The summed E-state index contributed by atoms with van der Waals surface area (Å²) in [5.74, 6) is 0.537. The molecule has 1 aromatic heterocycles.